The van der Waals surface area contributed by atoms with Crippen molar-refractivity contribution in [2.24, 2.45) is 0 Å². The maximum Gasteiger partial charge on any atom is 0.132 e. The Morgan fingerprint density at radius 2 is 1.81 bits per heavy atom. The third-order valence-corrected chi connectivity index (χ3v) is 2.41. The Balaban J connectivity index is 2.71. The minimum absolute atomic E-state index is 0.0310. The molecular formula is C13H19F2N. The van der Waals surface area contributed by atoms with E-state index in [1.54, 1.807) is 6.92 Å². The zero-order valence-corrected chi connectivity index (χ0v) is 10.3. The molecule has 1 N–H and O–H groups in total. The molecule has 0 radical (unpaired) electrons. The number of halogens is 2. The highest BCUT2D eigenvalue weighted by Crippen LogP contribution is 2.16. The Morgan fingerprint density at radius 1 is 1.19 bits per heavy atom. The van der Waals surface area contributed by atoms with Gasteiger partial charge in [0.25, 0.3) is 0 Å². The van der Waals surface area contributed by atoms with E-state index in [0.29, 0.717) is 18.5 Å². The summed E-state index contributed by atoms with van der Waals surface area (Å²) in [6.07, 6.45) is 0.372. The van der Waals surface area contributed by atoms with E-state index in [4.69, 9.17) is 0 Å². The summed E-state index contributed by atoms with van der Waals surface area (Å²) >= 11 is 0. The van der Waals surface area contributed by atoms with Crippen LogP contribution < -0.4 is 5.32 Å². The van der Waals surface area contributed by atoms with E-state index in [1.165, 1.54) is 12.1 Å². The molecule has 1 rings (SSSR count). The highest BCUT2D eigenvalue weighted by molar-refractivity contribution is 5.26. The number of benzene rings is 1. The van der Waals surface area contributed by atoms with Crippen molar-refractivity contribution < 1.29 is 8.78 Å². The molecule has 3 heteroatoms. The number of aryl methyl sites for hydroxylation is 1. The molecule has 0 aliphatic heterocycles. The Hall–Kier alpha value is -0.960. The summed E-state index contributed by atoms with van der Waals surface area (Å²) in [5, 5.41) is 3.21. The van der Waals surface area contributed by atoms with Crippen molar-refractivity contribution in [3.8, 4) is 0 Å². The normalized spacial score (nSPS) is 11.9. The quantitative estimate of drug-likeness (QED) is 0.836. The van der Waals surface area contributed by atoms with E-state index >= 15 is 0 Å². The molecule has 0 aliphatic rings. The van der Waals surface area contributed by atoms with Crippen molar-refractivity contribution in [1.29, 1.82) is 0 Å². The van der Waals surface area contributed by atoms with Crippen molar-refractivity contribution in [3.63, 3.8) is 0 Å². The Kier molecular flexibility index (Phi) is 4.03. The van der Waals surface area contributed by atoms with Crippen LogP contribution in [0.3, 0.4) is 0 Å². The van der Waals surface area contributed by atoms with Crippen LogP contribution in [0.1, 0.15) is 31.9 Å². The van der Waals surface area contributed by atoms with Gasteiger partial charge in [-0.1, -0.05) is 6.07 Å². The zero-order chi connectivity index (χ0) is 12.3. The molecule has 0 bridgehead atoms. The molecule has 0 amide bonds. The van der Waals surface area contributed by atoms with Crippen LogP contribution in [0, 0.1) is 18.6 Å². The van der Waals surface area contributed by atoms with Gasteiger partial charge in [-0.15, -0.1) is 0 Å². The lowest BCUT2D eigenvalue weighted by Gasteiger charge is -2.20. The molecule has 1 nitrogen and oxygen atoms in total. The molecule has 1 aromatic rings. The van der Waals surface area contributed by atoms with Crippen LogP contribution in [0.4, 0.5) is 8.78 Å². The van der Waals surface area contributed by atoms with Gasteiger partial charge >= 0.3 is 0 Å². The second-order valence-corrected chi connectivity index (χ2v) is 5.08. The van der Waals surface area contributed by atoms with Crippen LogP contribution in [0.15, 0.2) is 12.1 Å². The number of rotatable bonds is 3. The number of hydrogen-bond donors (Lipinski definition) is 1. The molecule has 16 heavy (non-hydrogen) atoms. The average molecular weight is 227 g/mol. The Morgan fingerprint density at radius 3 is 2.38 bits per heavy atom. The van der Waals surface area contributed by atoms with Gasteiger partial charge in [-0.2, -0.15) is 0 Å². The summed E-state index contributed by atoms with van der Waals surface area (Å²) < 4.78 is 27.0. The first-order valence-corrected chi connectivity index (χ1v) is 5.50. The highest BCUT2D eigenvalue weighted by Gasteiger charge is 2.13. The lowest BCUT2D eigenvalue weighted by atomic mass is 10.1. The summed E-state index contributed by atoms with van der Waals surface area (Å²) in [6, 6.07) is 2.79. The standard InChI is InChI=1S/C13H19F2N/c1-9-5-6-11(14)10(12(9)15)7-8-16-13(2,3)4/h5-6,16H,7-8H2,1-4H3. The molecule has 0 aliphatic carbocycles. The largest absolute Gasteiger partial charge is 0.312 e. The van der Waals surface area contributed by atoms with E-state index in [1.807, 2.05) is 20.8 Å². The number of nitrogens with one attached hydrogen (secondary N) is 1. The van der Waals surface area contributed by atoms with Gasteiger partial charge in [0.2, 0.25) is 0 Å². The third-order valence-electron chi connectivity index (χ3n) is 2.41. The predicted octanol–water partition coefficient (Wildman–Crippen LogP) is 3.20. The van der Waals surface area contributed by atoms with E-state index in [0.717, 1.165) is 0 Å². The fourth-order valence-electron chi connectivity index (χ4n) is 1.51. The molecule has 0 fully saturated rings. The zero-order valence-electron chi connectivity index (χ0n) is 10.3. The smallest absolute Gasteiger partial charge is 0.132 e. The molecule has 0 spiro atoms. The van der Waals surface area contributed by atoms with E-state index in [9.17, 15) is 8.78 Å². The SMILES string of the molecule is Cc1ccc(F)c(CCNC(C)(C)C)c1F. The van der Waals surface area contributed by atoms with Crippen LogP contribution in [0.25, 0.3) is 0 Å². The van der Waals surface area contributed by atoms with Crippen molar-refractivity contribution in [2.45, 2.75) is 39.7 Å². The summed E-state index contributed by atoms with van der Waals surface area (Å²) in [7, 11) is 0. The predicted molar refractivity (Wildman–Crippen MR) is 62.6 cm³/mol. The molecule has 0 heterocycles. The van der Waals surface area contributed by atoms with Gasteiger partial charge in [-0.25, -0.2) is 8.78 Å². The topological polar surface area (TPSA) is 12.0 Å². The minimum atomic E-state index is -0.459. The first kappa shape index (κ1) is 13.1. The first-order chi connectivity index (χ1) is 7.31. The fraction of sp³-hybridized carbons (Fsp3) is 0.538. The summed E-state index contributed by atoms with van der Waals surface area (Å²) in [4.78, 5) is 0. The van der Waals surface area contributed by atoms with E-state index in [2.05, 4.69) is 5.32 Å². The molecule has 0 saturated carbocycles. The van der Waals surface area contributed by atoms with Gasteiger partial charge in [-0.05, 0) is 52.3 Å². The highest BCUT2D eigenvalue weighted by atomic mass is 19.1. The van der Waals surface area contributed by atoms with Crippen LogP contribution in [-0.4, -0.2) is 12.1 Å². The van der Waals surface area contributed by atoms with Crippen LogP contribution >= 0.6 is 0 Å². The lowest BCUT2D eigenvalue weighted by Crippen LogP contribution is -2.37. The van der Waals surface area contributed by atoms with Gasteiger partial charge in [0.15, 0.2) is 0 Å². The Labute approximate surface area is 95.9 Å². The molecular weight excluding hydrogens is 208 g/mol. The summed E-state index contributed by atoms with van der Waals surface area (Å²) in [5.74, 6) is -0.880. The van der Waals surface area contributed by atoms with Crippen molar-refractivity contribution in [1.82, 2.24) is 5.32 Å². The second kappa shape index (κ2) is 4.91. The molecule has 1 aromatic carbocycles. The maximum atomic E-state index is 13.6. The third kappa shape index (κ3) is 3.56. The molecule has 0 aromatic heterocycles. The molecule has 0 unspecified atom stereocenters. The van der Waals surface area contributed by atoms with Crippen molar-refractivity contribution in [3.05, 3.63) is 34.9 Å². The minimum Gasteiger partial charge on any atom is -0.312 e. The van der Waals surface area contributed by atoms with E-state index < -0.39 is 11.6 Å². The maximum absolute atomic E-state index is 13.6. The van der Waals surface area contributed by atoms with Crippen LogP contribution in [0.5, 0.6) is 0 Å². The van der Waals surface area contributed by atoms with E-state index in [-0.39, 0.29) is 11.1 Å². The molecule has 0 atom stereocenters. The average Bonchev–Trinajstić information content (AvgIpc) is 2.16. The Bertz CT molecular complexity index is 367. The number of hydrogen-bond acceptors (Lipinski definition) is 1. The van der Waals surface area contributed by atoms with Crippen molar-refractivity contribution >= 4 is 0 Å². The summed E-state index contributed by atoms with van der Waals surface area (Å²) in [5.41, 5.74) is 0.639. The second-order valence-electron chi connectivity index (χ2n) is 5.08. The van der Waals surface area contributed by atoms with Gasteiger partial charge in [0, 0.05) is 11.1 Å². The molecule has 90 valence electrons. The fourth-order valence-corrected chi connectivity index (χ4v) is 1.51. The molecule has 0 saturated heterocycles. The van der Waals surface area contributed by atoms with Crippen LogP contribution in [0.2, 0.25) is 0 Å². The van der Waals surface area contributed by atoms with Gasteiger partial charge in [0.1, 0.15) is 11.6 Å². The van der Waals surface area contributed by atoms with Gasteiger partial charge in [-0.3, -0.25) is 0 Å². The summed E-state index contributed by atoms with van der Waals surface area (Å²) in [6.45, 7) is 8.29. The monoisotopic (exact) mass is 227 g/mol. The van der Waals surface area contributed by atoms with Gasteiger partial charge in [0.05, 0.1) is 0 Å². The van der Waals surface area contributed by atoms with Crippen LogP contribution in [-0.2, 0) is 6.42 Å². The van der Waals surface area contributed by atoms with Gasteiger partial charge < -0.3 is 5.32 Å². The lowest BCUT2D eigenvalue weighted by molar-refractivity contribution is 0.424. The van der Waals surface area contributed by atoms with Crippen molar-refractivity contribution in [2.75, 3.05) is 6.54 Å². The first-order valence-electron chi connectivity index (χ1n) is 5.50.